The van der Waals surface area contributed by atoms with E-state index in [0.29, 0.717) is 6.54 Å². The van der Waals surface area contributed by atoms with Gasteiger partial charge in [-0.1, -0.05) is 24.3 Å². The molecule has 4 heteroatoms. The molecule has 0 aliphatic carbocycles. The fourth-order valence-corrected chi connectivity index (χ4v) is 2.75. The van der Waals surface area contributed by atoms with Crippen LogP contribution in [0.2, 0.25) is 0 Å². The van der Waals surface area contributed by atoms with Gasteiger partial charge in [0.2, 0.25) is 0 Å². The van der Waals surface area contributed by atoms with Crippen LogP contribution in [0.5, 0.6) is 0 Å². The zero-order valence-corrected chi connectivity index (χ0v) is 13.4. The SMILES string of the molecule is Cc1nn(Cc2ccc(F)cc2)c(C)c1Cc1ccc(N)cc1. The number of nitrogens with zero attached hydrogens (tertiary/aromatic N) is 2. The van der Waals surface area contributed by atoms with Crippen LogP contribution in [-0.4, -0.2) is 9.78 Å². The van der Waals surface area contributed by atoms with Crippen molar-refractivity contribution in [2.75, 3.05) is 5.73 Å². The third kappa shape index (κ3) is 3.42. The molecule has 2 N–H and O–H groups in total. The van der Waals surface area contributed by atoms with Gasteiger partial charge < -0.3 is 5.73 Å². The second-order valence-corrected chi connectivity index (χ2v) is 5.85. The molecular weight excluding hydrogens is 289 g/mol. The Morgan fingerprint density at radius 2 is 1.57 bits per heavy atom. The van der Waals surface area contributed by atoms with Crippen molar-refractivity contribution in [3.05, 3.63) is 82.4 Å². The van der Waals surface area contributed by atoms with Crippen LogP contribution < -0.4 is 5.73 Å². The monoisotopic (exact) mass is 309 g/mol. The maximum absolute atomic E-state index is 13.0. The van der Waals surface area contributed by atoms with Crippen molar-refractivity contribution in [3.8, 4) is 0 Å². The fraction of sp³-hybridized carbons (Fsp3) is 0.211. The van der Waals surface area contributed by atoms with Crippen molar-refractivity contribution in [3.63, 3.8) is 0 Å². The minimum Gasteiger partial charge on any atom is -0.399 e. The van der Waals surface area contributed by atoms with Crippen molar-refractivity contribution in [1.82, 2.24) is 9.78 Å². The molecule has 1 aromatic heterocycles. The minimum absolute atomic E-state index is 0.217. The van der Waals surface area contributed by atoms with Crippen LogP contribution in [0.3, 0.4) is 0 Å². The highest BCUT2D eigenvalue weighted by atomic mass is 19.1. The Hall–Kier alpha value is -2.62. The summed E-state index contributed by atoms with van der Waals surface area (Å²) in [5, 5.41) is 4.64. The summed E-state index contributed by atoms with van der Waals surface area (Å²) in [5.74, 6) is -0.217. The number of benzene rings is 2. The maximum Gasteiger partial charge on any atom is 0.123 e. The van der Waals surface area contributed by atoms with Crippen molar-refractivity contribution in [2.45, 2.75) is 26.8 Å². The maximum atomic E-state index is 13.0. The summed E-state index contributed by atoms with van der Waals surface area (Å²) in [4.78, 5) is 0. The molecule has 0 saturated carbocycles. The molecule has 3 nitrogen and oxygen atoms in total. The average molecular weight is 309 g/mol. The normalized spacial score (nSPS) is 10.9. The van der Waals surface area contributed by atoms with E-state index < -0.39 is 0 Å². The van der Waals surface area contributed by atoms with Gasteiger partial charge in [-0.2, -0.15) is 5.10 Å². The van der Waals surface area contributed by atoms with Crippen LogP contribution in [0.1, 0.15) is 28.1 Å². The summed E-state index contributed by atoms with van der Waals surface area (Å²) in [6, 6.07) is 14.5. The second-order valence-electron chi connectivity index (χ2n) is 5.85. The van der Waals surface area contributed by atoms with Gasteiger partial charge in [0, 0.05) is 23.4 Å². The van der Waals surface area contributed by atoms with E-state index in [1.54, 1.807) is 12.1 Å². The lowest BCUT2D eigenvalue weighted by Crippen LogP contribution is -2.04. The topological polar surface area (TPSA) is 43.8 Å². The smallest absolute Gasteiger partial charge is 0.123 e. The van der Waals surface area contributed by atoms with Crippen LogP contribution >= 0.6 is 0 Å². The summed E-state index contributed by atoms with van der Waals surface area (Å²) in [6.07, 6.45) is 0.835. The molecule has 0 fully saturated rings. The second kappa shape index (κ2) is 6.24. The van der Waals surface area contributed by atoms with E-state index in [1.807, 2.05) is 35.9 Å². The quantitative estimate of drug-likeness (QED) is 0.744. The number of halogens is 1. The molecule has 0 unspecified atom stereocenters. The summed E-state index contributed by atoms with van der Waals surface area (Å²) in [5.41, 5.74) is 12.2. The van der Waals surface area contributed by atoms with E-state index in [1.165, 1.54) is 23.3 Å². The third-order valence-corrected chi connectivity index (χ3v) is 4.14. The first-order chi connectivity index (χ1) is 11.0. The number of hydrogen-bond acceptors (Lipinski definition) is 2. The molecule has 0 spiro atoms. The largest absolute Gasteiger partial charge is 0.399 e. The van der Waals surface area contributed by atoms with Gasteiger partial charge in [0.25, 0.3) is 0 Å². The Bertz CT molecular complexity index is 802. The molecule has 2 aromatic carbocycles. The zero-order chi connectivity index (χ0) is 16.4. The molecule has 0 aliphatic heterocycles. The summed E-state index contributed by atoms with van der Waals surface area (Å²) in [7, 11) is 0. The van der Waals surface area contributed by atoms with E-state index in [-0.39, 0.29) is 5.82 Å². The van der Waals surface area contributed by atoms with Crippen LogP contribution in [0.25, 0.3) is 0 Å². The van der Waals surface area contributed by atoms with E-state index in [0.717, 1.165) is 29.1 Å². The van der Waals surface area contributed by atoms with Gasteiger partial charge in [0.05, 0.1) is 12.2 Å². The Kier molecular flexibility index (Phi) is 4.15. The molecule has 1 heterocycles. The highest BCUT2D eigenvalue weighted by Gasteiger charge is 2.12. The third-order valence-electron chi connectivity index (χ3n) is 4.14. The zero-order valence-electron chi connectivity index (χ0n) is 13.4. The first-order valence-electron chi connectivity index (χ1n) is 7.64. The molecule has 118 valence electrons. The first kappa shape index (κ1) is 15.3. The number of anilines is 1. The molecule has 0 radical (unpaired) electrons. The number of aryl methyl sites for hydroxylation is 1. The standard InChI is InChI=1S/C19H20FN3/c1-13-19(11-15-5-9-18(21)10-6-15)14(2)23(22-13)12-16-3-7-17(20)8-4-16/h3-10H,11-12,21H2,1-2H3. The van der Waals surface area contributed by atoms with E-state index in [4.69, 9.17) is 5.73 Å². The van der Waals surface area contributed by atoms with Crippen molar-refractivity contribution < 1.29 is 4.39 Å². The van der Waals surface area contributed by atoms with E-state index >= 15 is 0 Å². The van der Waals surface area contributed by atoms with Gasteiger partial charge in [-0.25, -0.2) is 4.39 Å². The summed E-state index contributed by atoms with van der Waals surface area (Å²) >= 11 is 0. The highest BCUT2D eigenvalue weighted by Crippen LogP contribution is 2.19. The van der Waals surface area contributed by atoms with E-state index in [9.17, 15) is 4.39 Å². The molecule has 23 heavy (non-hydrogen) atoms. The van der Waals surface area contributed by atoms with Crippen molar-refractivity contribution in [2.24, 2.45) is 0 Å². The van der Waals surface area contributed by atoms with Gasteiger partial charge >= 0.3 is 0 Å². The van der Waals surface area contributed by atoms with Gasteiger partial charge in [-0.15, -0.1) is 0 Å². The summed E-state index contributed by atoms with van der Waals surface area (Å²) in [6.45, 7) is 4.76. The lowest BCUT2D eigenvalue weighted by Gasteiger charge is -2.06. The molecule has 0 saturated heterocycles. The number of rotatable bonds is 4. The van der Waals surface area contributed by atoms with E-state index in [2.05, 4.69) is 12.0 Å². The Morgan fingerprint density at radius 3 is 2.22 bits per heavy atom. The van der Waals surface area contributed by atoms with Gasteiger partial charge in [0.1, 0.15) is 5.82 Å². The number of nitrogens with two attached hydrogens (primary N) is 1. The Balaban J connectivity index is 1.84. The van der Waals surface area contributed by atoms with Gasteiger partial charge in [-0.3, -0.25) is 4.68 Å². The number of nitrogen functional groups attached to an aromatic ring is 1. The van der Waals surface area contributed by atoms with Crippen LogP contribution in [0.15, 0.2) is 48.5 Å². The highest BCUT2D eigenvalue weighted by molar-refractivity contribution is 5.41. The average Bonchev–Trinajstić information content (AvgIpc) is 2.79. The predicted octanol–water partition coefficient (Wildman–Crippen LogP) is 3.86. The lowest BCUT2D eigenvalue weighted by atomic mass is 10.0. The molecule has 0 amide bonds. The molecule has 0 atom stereocenters. The first-order valence-corrected chi connectivity index (χ1v) is 7.64. The Morgan fingerprint density at radius 1 is 0.957 bits per heavy atom. The predicted molar refractivity (Wildman–Crippen MR) is 90.9 cm³/mol. The van der Waals surface area contributed by atoms with Gasteiger partial charge in [-0.05, 0) is 49.2 Å². The van der Waals surface area contributed by atoms with Crippen LogP contribution in [-0.2, 0) is 13.0 Å². The number of aromatic nitrogens is 2. The van der Waals surface area contributed by atoms with Crippen LogP contribution in [0, 0.1) is 19.7 Å². The summed E-state index contributed by atoms with van der Waals surface area (Å²) < 4.78 is 15.0. The van der Waals surface area contributed by atoms with Gasteiger partial charge in [0.15, 0.2) is 0 Å². The molecular formula is C19H20FN3. The fourth-order valence-electron chi connectivity index (χ4n) is 2.75. The lowest BCUT2D eigenvalue weighted by molar-refractivity contribution is 0.622. The molecule has 0 aliphatic rings. The van der Waals surface area contributed by atoms with Crippen LogP contribution in [0.4, 0.5) is 10.1 Å². The molecule has 0 bridgehead atoms. The Labute approximate surface area is 135 Å². The minimum atomic E-state index is -0.217. The van der Waals surface area contributed by atoms with Crippen molar-refractivity contribution >= 4 is 5.69 Å². The van der Waals surface area contributed by atoms with Crippen molar-refractivity contribution in [1.29, 1.82) is 0 Å². The number of hydrogen-bond donors (Lipinski definition) is 1. The molecule has 3 rings (SSSR count). The molecule has 3 aromatic rings.